The molecule has 1 aromatic heterocycles. The molecule has 102 valence electrons. The van der Waals surface area contributed by atoms with Crippen LogP contribution in [0.25, 0.3) is 10.9 Å². The number of methoxy groups -OCH3 is 1. The molecule has 0 saturated carbocycles. The van der Waals surface area contributed by atoms with Crippen molar-refractivity contribution in [3.8, 4) is 5.88 Å². The zero-order valence-electron chi connectivity index (χ0n) is 10.6. The van der Waals surface area contributed by atoms with E-state index >= 15 is 0 Å². The molecule has 1 heterocycles. The maximum absolute atomic E-state index is 10.0. The number of pyridine rings is 1. The van der Waals surface area contributed by atoms with Crippen LogP contribution in [0.15, 0.2) is 30.3 Å². The van der Waals surface area contributed by atoms with Crippen LogP contribution in [0.1, 0.15) is 18.1 Å². The summed E-state index contributed by atoms with van der Waals surface area (Å²) in [5.41, 5.74) is 1.43. The molecule has 2 unspecified atom stereocenters. The van der Waals surface area contributed by atoms with E-state index in [2.05, 4.69) is 4.98 Å². The lowest BCUT2D eigenvalue weighted by Gasteiger charge is -2.17. The molecule has 0 saturated heterocycles. The molecule has 2 N–H and O–H groups in total. The molecule has 2 atom stereocenters. The van der Waals surface area contributed by atoms with Crippen molar-refractivity contribution >= 4 is 22.5 Å². The van der Waals surface area contributed by atoms with E-state index in [0.717, 1.165) is 10.9 Å². The second-order valence-corrected chi connectivity index (χ2v) is 4.67. The number of benzene rings is 1. The zero-order valence-corrected chi connectivity index (χ0v) is 11.3. The molecule has 0 aliphatic rings. The number of hydrogen-bond donors (Lipinski definition) is 2. The molecular weight excluding hydrogens is 266 g/mol. The van der Waals surface area contributed by atoms with E-state index in [0.29, 0.717) is 23.7 Å². The fraction of sp³-hybridized carbons (Fsp3) is 0.357. The average Bonchev–Trinajstić information content (AvgIpc) is 2.45. The highest BCUT2D eigenvalue weighted by atomic mass is 35.5. The molecule has 1 aromatic carbocycles. The Hall–Kier alpha value is -1.36. The summed E-state index contributed by atoms with van der Waals surface area (Å²) in [5, 5.41) is 20.7. The summed E-state index contributed by atoms with van der Waals surface area (Å²) in [6, 6.07) is 8.98. The van der Waals surface area contributed by atoms with Crippen molar-refractivity contribution in [1.29, 1.82) is 0 Å². The second-order valence-electron chi connectivity index (χ2n) is 4.30. The summed E-state index contributed by atoms with van der Waals surface area (Å²) < 4.78 is 5.05. The number of nitrogens with zero attached hydrogens (tertiary/aromatic N) is 1. The maximum atomic E-state index is 10.0. The molecule has 0 aliphatic carbocycles. The summed E-state index contributed by atoms with van der Waals surface area (Å²) >= 11 is 5.56. The number of ether oxygens (including phenoxy) is 1. The molecule has 2 rings (SSSR count). The van der Waals surface area contributed by atoms with Crippen LogP contribution in [-0.4, -0.2) is 34.3 Å². The van der Waals surface area contributed by atoms with E-state index in [1.54, 1.807) is 25.3 Å². The average molecular weight is 282 g/mol. The van der Waals surface area contributed by atoms with Crippen molar-refractivity contribution < 1.29 is 14.9 Å². The lowest BCUT2D eigenvalue weighted by molar-refractivity contribution is 0.0171. The minimum Gasteiger partial charge on any atom is -0.481 e. The minimum atomic E-state index is -0.940. The highest BCUT2D eigenvalue weighted by Crippen LogP contribution is 2.24. The van der Waals surface area contributed by atoms with Gasteiger partial charge in [0.1, 0.15) is 6.10 Å². The summed E-state index contributed by atoms with van der Waals surface area (Å²) in [5.74, 6) is 0.855. The third-order valence-corrected chi connectivity index (χ3v) is 3.23. The highest BCUT2D eigenvalue weighted by Gasteiger charge is 2.18. The first-order valence-electron chi connectivity index (χ1n) is 6.02. The Morgan fingerprint density at radius 2 is 2.05 bits per heavy atom. The van der Waals surface area contributed by atoms with Crippen LogP contribution >= 0.6 is 11.6 Å². The van der Waals surface area contributed by atoms with Gasteiger partial charge in [-0.2, -0.15) is 0 Å². The standard InChI is InChI=1S/C14H16ClNO3/c1-19-13-5-3-9-8-10(2-4-11(9)16-13)14(18)12(17)6-7-15/h2-5,8,12,14,17-18H,6-7H2,1H3. The predicted molar refractivity (Wildman–Crippen MR) is 74.6 cm³/mol. The number of aromatic nitrogens is 1. The number of halogens is 1. The molecule has 5 heteroatoms. The normalized spacial score (nSPS) is 14.3. The van der Waals surface area contributed by atoms with Crippen molar-refractivity contribution in [3.63, 3.8) is 0 Å². The molecule has 19 heavy (non-hydrogen) atoms. The van der Waals surface area contributed by atoms with Crippen molar-refractivity contribution in [2.75, 3.05) is 13.0 Å². The molecule has 0 radical (unpaired) electrons. The summed E-state index contributed by atoms with van der Waals surface area (Å²) in [4.78, 5) is 4.29. The third kappa shape index (κ3) is 3.15. The summed E-state index contributed by atoms with van der Waals surface area (Å²) in [7, 11) is 1.56. The smallest absolute Gasteiger partial charge is 0.213 e. The molecule has 0 amide bonds. The van der Waals surface area contributed by atoms with Gasteiger partial charge in [-0.05, 0) is 30.2 Å². The number of hydrogen-bond acceptors (Lipinski definition) is 4. The molecule has 2 aromatic rings. The minimum absolute atomic E-state index is 0.310. The third-order valence-electron chi connectivity index (χ3n) is 3.01. The van der Waals surface area contributed by atoms with E-state index in [9.17, 15) is 10.2 Å². The number of fused-ring (bicyclic) bond motifs is 1. The molecular formula is C14H16ClNO3. The summed E-state index contributed by atoms with van der Waals surface area (Å²) in [6.07, 6.45) is -1.45. The number of aliphatic hydroxyl groups is 2. The first-order chi connectivity index (χ1) is 9.15. The van der Waals surface area contributed by atoms with E-state index in [4.69, 9.17) is 16.3 Å². The first kappa shape index (κ1) is 14.1. The lowest BCUT2D eigenvalue weighted by atomic mass is 10.0. The van der Waals surface area contributed by atoms with Crippen LogP contribution in [0.3, 0.4) is 0 Å². The lowest BCUT2D eigenvalue weighted by Crippen LogP contribution is -2.18. The number of alkyl halides is 1. The quantitative estimate of drug-likeness (QED) is 0.825. The van der Waals surface area contributed by atoms with E-state index in [1.165, 1.54) is 0 Å². The van der Waals surface area contributed by atoms with Gasteiger partial charge in [-0.25, -0.2) is 4.98 Å². The van der Waals surface area contributed by atoms with Crippen LogP contribution in [0.5, 0.6) is 5.88 Å². The van der Waals surface area contributed by atoms with Crippen molar-refractivity contribution in [2.45, 2.75) is 18.6 Å². The zero-order chi connectivity index (χ0) is 13.8. The SMILES string of the molecule is COc1ccc2cc(C(O)C(O)CCCl)ccc2n1. The largest absolute Gasteiger partial charge is 0.481 e. The Morgan fingerprint density at radius 3 is 2.74 bits per heavy atom. The number of aliphatic hydroxyl groups excluding tert-OH is 2. The van der Waals surface area contributed by atoms with Crippen molar-refractivity contribution in [1.82, 2.24) is 4.98 Å². The molecule has 0 bridgehead atoms. The van der Waals surface area contributed by atoms with Crippen LogP contribution in [0.2, 0.25) is 0 Å². The fourth-order valence-corrected chi connectivity index (χ4v) is 2.14. The Bertz CT molecular complexity index is 561. The van der Waals surface area contributed by atoms with Gasteiger partial charge in [0.25, 0.3) is 0 Å². The maximum Gasteiger partial charge on any atom is 0.213 e. The van der Waals surface area contributed by atoms with E-state index in [-0.39, 0.29) is 0 Å². The van der Waals surface area contributed by atoms with Crippen LogP contribution in [0, 0.1) is 0 Å². The monoisotopic (exact) mass is 281 g/mol. The van der Waals surface area contributed by atoms with Gasteiger partial charge < -0.3 is 14.9 Å². The highest BCUT2D eigenvalue weighted by molar-refractivity contribution is 6.17. The predicted octanol–water partition coefficient (Wildman–Crippen LogP) is 2.27. The van der Waals surface area contributed by atoms with Gasteiger partial charge in [-0.15, -0.1) is 11.6 Å². The first-order valence-corrected chi connectivity index (χ1v) is 6.56. The van der Waals surface area contributed by atoms with Gasteiger partial charge in [0, 0.05) is 17.3 Å². The topological polar surface area (TPSA) is 62.6 Å². The fourth-order valence-electron chi connectivity index (χ4n) is 1.91. The Balaban J connectivity index is 2.31. The van der Waals surface area contributed by atoms with Gasteiger partial charge in [0.15, 0.2) is 0 Å². The van der Waals surface area contributed by atoms with Gasteiger partial charge in [-0.1, -0.05) is 6.07 Å². The molecule has 0 aliphatic heterocycles. The number of rotatable bonds is 5. The van der Waals surface area contributed by atoms with E-state index in [1.807, 2.05) is 12.1 Å². The van der Waals surface area contributed by atoms with Gasteiger partial charge >= 0.3 is 0 Å². The summed E-state index contributed by atoms with van der Waals surface area (Å²) in [6.45, 7) is 0. The Kier molecular flexibility index (Phi) is 4.58. The Labute approximate surface area is 116 Å². The van der Waals surface area contributed by atoms with E-state index < -0.39 is 12.2 Å². The van der Waals surface area contributed by atoms with Crippen molar-refractivity contribution in [3.05, 3.63) is 35.9 Å². The van der Waals surface area contributed by atoms with Crippen LogP contribution in [-0.2, 0) is 0 Å². The molecule has 0 fully saturated rings. The second kappa shape index (κ2) is 6.19. The van der Waals surface area contributed by atoms with Gasteiger partial charge in [0.05, 0.1) is 18.7 Å². The van der Waals surface area contributed by atoms with Crippen LogP contribution < -0.4 is 4.74 Å². The molecule has 4 nitrogen and oxygen atoms in total. The van der Waals surface area contributed by atoms with Gasteiger partial charge in [0.2, 0.25) is 5.88 Å². The van der Waals surface area contributed by atoms with Crippen molar-refractivity contribution in [2.24, 2.45) is 0 Å². The molecule has 0 spiro atoms. The van der Waals surface area contributed by atoms with Gasteiger partial charge in [-0.3, -0.25) is 0 Å². The van der Waals surface area contributed by atoms with Crippen LogP contribution in [0.4, 0.5) is 0 Å². The Morgan fingerprint density at radius 1 is 1.26 bits per heavy atom.